The van der Waals surface area contributed by atoms with Crippen LogP contribution in [0.25, 0.3) is 10.9 Å². The van der Waals surface area contributed by atoms with Gasteiger partial charge in [0.1, 0.15) is 0 Å². The molecule has 2 heterocycles. The Bertz CT molecular complexity index is 1340. The number of imidazole rings is 1. The van der Waals surface area contributed by atoms with Gasteiger partial charge in [-0.25, -0.2) is 8.96 Å². The molecular formula is C21H19ClN4O3S. The number of nitrogens with zero attached hydrogens (tertiary/aromatic N) is 4. The minimum atomic E-state index is -3.87. The van der Waals surface area contributed by atoms with Crippen LogP contribution in [0, 0.1) is 0 Å². The third kappa shape index (κ3) is 3.54. The van der Waals surface area contributed by atoms with Crippen molar-refractivity contribution in [2.45, 2.75) is 6.54 Å². The maximum Gasteiger partial charge on any atom is 0.308 e. The van der Waals surface area contributed by atoms with Crippen molar-refractivity contribution in [1.82, 2.24) is 17.8 Å². The summed E-state index contributed by atoms with van der Waals surface area (Å²) in [6.45, 7) is 0.537. The number of hydrogen-bond acceptors (Lipinski definition) is 4. The number of aromatic nitrogens is 3. The van der Waals surface area contributed by atoms with Crippen molar-refractivity contribution in [1.29, 1.82) is 0 Å². The molecule has 0 radical (unpaired) electrons. The van der Waals surface area contributed by atoms with Crippen LogP contribution in [0.3, 0.4) is 0 Å². The van der Waals surface area contributed by atoms with Gasteiger partial charge in [-0.2, -0.15) is 12.7 Å². The van der Waals surface area contributed by atoms with Gasteiger partial charge in [0.2, 0.25) is 5.78 Å². The molecule has 0 aliphatic heterocycles. The van der Waals surface area contributed by atoms with Gasteiger partial charge in [0.15, 0.2) is 5.82 Å². The summed E-state index contributed by atoms with van der Waals surface area (Å²) in [5.74, 6) is -0.616. The predicted octanol–water partition coefficient (Wildman–Crippen LogP) is 3.43. The lowest BCUT2D eigenvalue weighted by atomic mass is 10.1. The summed E-state index contributed by atoms with van der Waals surface area (Å²) >= 11 is 5.97. The topological polar surface area (TPSA) is 77.2 Å². The number of rotatable bonds is 6. The minimum absolute atomic E-state index is 0.155. The van der Waals surface area contributed by atoms with E-state index in [4.69, 9.17) is 11.6 Å². The van der Waals surface area contributed by atoms with E-state index in [0.717, 1.165) is 24.7 Å². The van der Waals surface area contributed by atoms with Gasteiger partial charge in [-0.3, -0.25) is 4.79 Å². The average Bonchev–Trinajstić information content (AvgIpc) is 3.35. The summed E-state index contributed by atoms with van der Waals surface area (Å²) in [4.78, 5) is 17.4. The van der Waals surface area contributed by atoms with Crippen molar-refractivity contribution < 1.29 is 13.2 Å². The smallest absolute Gasteiger partial charge is 0.308 e. The van der Waals surface area contributed by atoms with Crippen molar-refractivity contribution in [3.63, 3.8) is 0 Å². The number of carbonyl (C=O) groups is 1. The lowest BCUT2D eigenvalue weighted by Gasteiger charge is -2.13. The standard InChI is InChI=1S/C21H19ClN4O3S/c1-24(2)30(28,29)26-12-11-23-21(26)20(27)18-14-25(19-6-4-3-5-17(18)19)13-15-7-9-16(22)10-8-15/h3-12,14H,13H2,1-2H3. The van der Waals surface area contributed by atoms with Crippen LogP contribution < -0.4 is 0 Å². The monoisotopic (exact) mass is 442 g/mol. The maximum atomic E-state index is 13.3. The molecule has 0 aliphatic rings. The second-order valence-electron chi connectivity index (χ2n) is 6.98. The summed E-state index contributed by atoms with van der Waals surface area (Å²) < 4.78 is 29.0. The lowest BCUT2D eigenvalue weighted by Crippen LogP contribution is -2.30. The number of halogens is 1. The Balaban J connectivity index is 1.80. The Morgan fingerprint density at radius 2 is 1.80 bits per heavy atom. The SMILES string of the molecule is CN(C)S(=O)(=O)n1ccnc1C(=O)c1cn(Cc2ccc(Cl)cc2)c2ccccc12. The van der Waals surface area contributed by atoms with E-state index < -0.39 is 16.0 Å². The molecule has 7 nitrogen and oxygen atoms in total. The third-order valence-corrected chi connectivity index (χ3v) is 6.79. The van der Waals surface area contributed by atoms with Crippen molar-refractivity contribution in [3.8, 4) is 0 Å². The fraction of sp³-hybridized carbons (Fsp3) is 0.143. The quantitative estimate of drug-likeness (QED) is 0.429. The summed E-state index contributed by atoms with van der Waals surface area (Å²) in [7, 11) is -1.06. The lowest BCUT2D eigenvalue weighted by molar-refractivity contribution is 0.103. The van der Waals surface area contributed by atoms with Crippen LogP contribution in [-0.2, 0) is 16.8 Å². The second kappa shape index (κ2) is 7.71. The Hall–Kier alpha value is -2.94. The van der Waals surface area contributed by atoms with Gasteiger partial charge in [-0.15, -0.1) is 0 Å². The molecule has 0 unspecified atom stereocenters. The van der Waals surface area contributed by atoms with Crippen molar-refractivity contribution in [2.75, 3.05) is 14.1 Å². The fourth-order valence-electron chi connectivity index (χ4n) is 3.28. The van der Waals surface area contributed by atoms with E-state index in [1.165, 1.54) is 26.5 Å². The zero-order valence-electron chi connectivity index (χ0n) is 16.4. The molecule has 154 valence electrons. The Labute approximate surface area is 179 Å². The van der Waals surface area contributed by atoms with Crippen LogP contribution in [-0.4, -0.2) is 46.1 Å². The van der Waals surface area contributed by atoms with E-state index >= 15 is 0 Å². The molecule has 0 saturated carbocycles. The molecule has 9 heteroatoms. The fourth-order valence-corrected chi connectivity index (χ4v) is 4.31. The molecule has 0 atom stereocenters. The number of carbonyl (C=O) groups excluding carboxylic acids is 1. The van der Waals surface area contributed by atoms with Crippen LogP contribution in [0.15, 0.2) is 67.1 Å². The van der Waals surface area contributed by atoms with E-state index in [0.29, 0.717) is 17.1 Å². The summed E-state index contributed by atoms with van der Waals surface area (Å²) in [6, 6.07) is 15.0. The van der Waals surface area contributed by atoms with Gasteiger partial charge < -0.3 is 4.57 Å². The highest BCUT2D eigenvalue weighted by Gasteiger charge is 2.26. The molecule has 4 aromatic rings. The molecule has 0 N–H and O–H groups in total. The van der Waals surface area contributed by atoms with E-state index in [1.54, 1.807) is 6.20 Å². The summed E-state index contributed by atoms with van der Waals surface area (Å²) in [6.07, 6.45) is 4.32. The second-order valence-corrected chi connectivity index (χ2v) is 9.44. The number of para-hydroxylation sites is 1. The molecule has 0 amide bonds. The highest BCUT2D eigenvalue weighted by molar-refractivity contribution is 7.87. The normalized spacial score (nSPS) is 12.0. The average molecular weight is 443 g/mol. The van der Waals surface area contributed by atoms with E-state index in [1.807, 2.05) is 53.1 Å². The van der Waals surface area contributed by atoms with Gasteiger partial charge in [0.25, 0.3) is 0 Å². The molecule has 0 spiro atoms. The molecule has 0 saturated heterocycles. The first-order chi connectivity index (χ1) is 14.3. The molecule has 2 aromatic heterocycles. The highest BCUT2D eigenvalue weighted by Crippen LogP contribution is 2.25. The zero-order chi connectivity index (χ0) is 21.5. The van der Waals surface area contributed by atoms with Crippen LogP contribution in [0.4, 0.5) is 0 Å². The molecule has 2 aromatic carbocycles. The third-order valence-electron chi connectivity index (χ3n) is 4.82. The Morgan fingerprint density at radius 3 is 2.50 bits per heavy atom. The molecule has 0 bridgehead atoms. The Morgan fingerprint density at radius 1 is 1.10 bits per heavy atom. The number of fused-ring (bicyclic) bond motifs is 1. The van der Waals surface area contributed by atoms with Crippen molar-refractivity contribution in [3.05, 3.63) is 89.1 Å². The number of ketones is 1. The summed E-state index contributed by atoms with van der Waals surface area (Å²) in [5.41, 5.74) is 2.28. The van der Waals surface area contributed by atoms with Gasteiger partial charge in [0, 0.05) is 55.2 Å². The maximum absolute atomic E-state index is 13.3. The highest BCUT2D eigenvalue weighted by atomic mass is 35.5. The van der Waals surface area contributed by atoms with Crippen molar-refractivity contribution in [2.24, 2.45) is 0 Å². The van der Waals surface area contributed by atoms with E-state index in [2.05, 4.69) is 4.98 Å². The van der Waals surface area contributed by atoms with Gasteiger partial charge in [-0.05, 0) is 23.8 Å². The number of hydrogen-bond donors (Lipinski definition) is 0. The summed E-state index contributed by atoms with van der Waals surface area (Å²) in [5, 5.41) is 1.38. The van der Waals surface area contributed by atoms with Gasteiger partial charge >= 0.3 is 10.2 Å². The van der Waals surface area contributed by atoms with E-state index in [9.17, 15) is 13.2 Å². The molecule has 0 fully saturated rings. The Kier molecular flexibility index (Phi) is 5.23. The molecular weight excluding hydrogens is 424 g/mol. The van der Waals surface area contributed by atoms with Crippen LogP contribution >= 0.6 is 11.6 Å². The first kappa shape index (κ1) is 20.3. The first-order valence-corrected chi connectivity index (χ1v) is 10.9. The molecule has 4 rings (SSSR count). The van der Waals surface area contributed by atoms with Crippen LogP contribution in [0.2, 0.25) is 5.02 Å². The van der Waals surface area contributed by atoms with Crippen LogP contribution in [0.5, 0.6) is 0 Å². The van der Waals surface area contributed by atoms with Gasteiger partial charge in [0.05, 0.1) is 5.56 Å². The minimum Gasteiger partial charge on any atom is -0.342 e. The molecule has 30 heavy (non-hydrogen) atoms. The first-order valence-electron chi connectivity index (χ1n) is 9.12. The largest absolute Gasteiger partial charge is 0.342 e. The van der Waals surface area contributed by atoms with E-state index in [-0.39, 0.29) is 5.82 Å². The molecule has 0 aliphatic carbocycles. The van der Waals surface area contributed by atoms with Gasteiger partial charge in [-0.1, -0.05) is 41.9 Å². The predicted molar refractivity (Wildman–Crippen MR) is 116 cm³/mol. The van der Waals surface area contributed by atoms with Crippen molar-refractivity contribution >= 4 is 38.5 Å². The van der Waals surface area contributed by atoms with Crippen LogP contribution in [0.1, 0.15) is 21.7 Å². The number of benzene rings is 2. The zero-order valence-corrected chi connectivity index (χ0v) is 17.9.